The van der Waals surface area contributed by atoms with E-state index in [0.717, 1.165) is 38.5 Å². The first-order valence-electron chi connectivity index (χ1n) is 8.58. The van der Waals surface area contributed by atoms with Crippen LogP contribution in [0.4, 0.5) is 0 Å². The standard InChI is InChI=1S/C19H23N3O3/c23-17-10-18(24)21-11-16(17)19(25)20-8-6-15-7-9-22(13-15)12-14-4-2-1-3-5-14/h1-5,10-11,15H,6-9,12-13H2,(H,20,25)(H2,21,23,24). The summed E-state index contributed by atoms with van der Waals surface area (Å²) in [5, 5.41) is 12.5. The Morgan fingerprint density at radius 3 is 2.88 bits per heavy atom. The summed E-state index contributed by atoms with van der Waals surface area (Å²) in [5.74, 6) is -0.0998. The number of nitrogens with zero attached hydrogens (tertiary/aromatic N) is 1. The van der Waals surface area contributed by atoms with Gasteiger partial charge in [-0.25, -0.2) is 0 Å². The number of pyridine rings is 1. The third-order valence-corrected chi connectivity index (χ3v) is 4.60. The maximum atomic E-state index is 12.1. The molecule has 1 fully saturated rings. The normalized spacial score (nSPS) is 17.5. The van der Waals surface area contributed by atoms with E-state index in [0.29, 0.717) is 12.5 Å². The van der Waals surface area contributed by atoms with E-state index in [9.17, 15) is 14.7 Å². The van der Waals surface area contributed by atoms with Gasteiger partial charge in [0.1, 0.15) is 5.75 Å². The van der Waals surface area contributed by atoms with E-state index in [1.807, 2.05) is 6.07 Å². The van der Waals surface area contributed by atoms with Crippen molar-refractivity contribution < 1.29 is 9.90 Å². The van der Waals surface area contributed by atoms with E-state index in [-0.39, 0.29) is 17.2 Å². The maximum Gasteiger partial charge on any atom is 0.256 e. The summed E-state index contributed by atoms with van der Waals surface area (Å²) in [6.45, 7) is 3.64. The summed E-state index contributed by atoms with van der Waals surface area (Å²) >= 11 is 0. The number of hydrogen-bond donors (Lipinski definition) is 3. The Morgan fingerprint density at radius 2 is 2.12 bits per heavy atom. The number of carbonyl (C=O) groups excluding carboxylic acids is 1. The van der Waals surface area contributed by atoms with Gasteiger partial charge in [0.2, 0.25) is 0 Å². The number of aromatic hydroxyl groups is 1. The van der Waals surface area contributed by atoms with Crippen molar-refractivity contribution in [3.05, 3.63) is 64.1 Å². The van der Waals surface area contributed by atoms with Crippen molar-refractivity contribution in [2.45, 2.75) is 19.4 Å². The molecule has 3 N–H and O–H groups in total. The predicted octanol–water partition coefficient (Wildman–Crippen LogP) is 1.72. The third kappa shape index (κ3) is 4.70. The number of likely N-dealkylation sites (tertiary alicyclic amines) is 1. The van der Waals surface area contributed by atoms with Gasteiger partial charge in [-0.1, -0.05) is 30.3 Å². The molecule has 3 rings (SSSR count). The van der Waals surface area contributed by atoms with Crippen molar-refractivity contribution in [3.63, 3.8) is 0 Å². The summed E-state index contributed by atoms with van der Waals surface area (Å²) in [7, 11) is 0. The van der Waals surface area contributed by atoms with Crippen LogP contribution in [0.25, 0.3) is 0 Å². The molecule has 0 bridgehead atoms. The van der Waals surface area contributed by atoms with Crippen LogP contribution in [0.5, 0.6) is 5.75 Å². The van der Waals surface area contributed by atoms with E-state index in [2.05, 4.69) is 39.5 Å². The highest BCUT2D eigenvalue weighted by atomic mass is 16.3. The molecule has 0 saturated carbocycles. The number of aromatic nitrogens is 1. The smallest absolute Gasteiger partial charge is 0.256 e. The summed E-state index contributed by atoms with van der Waals surface area (Å²) in [5.41, 5.74) is 0.986. The van der Waals surface area contributed by atoms with Crippen LogP contribution in [0.2, 0.25) is 0 Å². The summed E-state index contributed by atoms with van der Waals surface area (Å²) in [6.07, 6.45) is 3.28. The second kappa shape index (κ2) is 7.98. The Kier molecular flexibility index (Phi) is 5.50. The lowest BCUT2D eigenvalue weighted by Gasteiger charge is -2.16. The molecule has 0 radical (unpaired) electrons. The van der Waals surface area contributed by atoms with Gasteiger partial charge in [-0.2, -0.15) is 0 Å². The van der Waals surface area contributed by atoms with Crippen molar-refractivity contribution in [1.82, 2.24) is 15.2 Å². The van der Waals surface area contributed by atoms with E-state index < -0.39 is 5.56 Å². The predicted molar refractivity (Wildman–Crippen MR) is 95.5 cm³/mol. The van der Waals surface area contributed by atoms with Gasteiger partial charge in [-0.15, -0.1) is 0 Å². The maximum absolute atomic E-state index is 12.1. The number of aromatic amines is 1. The third-order valence-electron chi connectivity index (χ3n) is 4.60. The number of amides is 1. The topological polar surface area (TPSA) is 85.4 Å². The van der Waals surface area contributed by atoms with Gasteiger partial charge < -0.3 is 15.4 Å². The lowest BCUT2D eigenvalue weighted by molar-refractivity contribution is 0.0948. The van der Waals surface area contributed by atoms with Crippen molar-refractivity contribution in [3.8, 4) is 5.75 Å². The molecular weight excluding hydrogens is 318 g/mol. The van der Waals surface area contributed by atoms with Gasteiger partial charge >= 0.3 is 0 Å². The molecule has 6 nitrogen and oxygen atoms in total. The molecule has 1 aromatic carbocycles. The molecule has 6 heteroatoms. The highest BCUT2D eigenvalue weighted by molar-refractivity contribution is 5.96. The van der Waals surface area contributed by atoms with Gasteiger partial charge in [0.05, 0.1) is 5.56 Å². The van der Waals surface area contributed by atoms with Crippen molar-refractivity contribution in [2.24, 2.45) is 5.92 Å². The molecule has 25 heavy (non-hydrogen) atoms. The number of hydrogen-bond acceptors (Lipinski definition) is 4. The van der Waals surface area contributed by atoms with Crippen molar-refractivity contribution >= 4 is 5.91 Å². The van der Waals surface area contributed by atoms with E-state index >= 15 is 0 Å². The first-order valence-corrected chi connectivity index (χ1v) is 8.58. The van der Waals surface area contributed by atoms with E-state index in [1.165, 1.54) is 11.8 Å². The van der Waals surface area contributed by atoms with Crippen LogP contribution in [0.1, 0.15) is 28.8 Å². The molecule has 1 aliphatic rings. The van der Waals surface area contributed by atoms with Crippen LogP contribution < -0.4 is 10.9 Å². The fourth-order valence-corrected chi connectivity index (χ4v) is 3.26. The van der Waals surface area contributed by atoms with Crippen LogP contribution in [0.3, 0.4) is 0 Å². The zero-order valence-electron chi connectivity index (χ0n) is 14.1. The van der Waals surface area contributed by atoms with Crippen LogP contribution in [-0.4, -0.2) is 40.5 Å². The first kappa shape index (κ1) is 17.2. The molecule has 132 valence electrons. The van der Waals surface area contributed by atoms with E-state index in [1.54, 1.807) is 0 Å². The lowest BCUT2D eigenvalue weighted by atomic mass is 10.1. The zero-order chi connectivity index (χ0) is 17.6. The second-order valence-corrected chi connectivity index (χ2v) is 6.52. The highest BCUT2D eigenvalue weighted by Gasteiger charge is 2.22. The molecule has 1 atom stereocenters. The monoisotopic (exact) mass is 341 g/mol. The number of carbonyl (C=O) groups is 1. The van der Waals surface area contributed by atoms with Gasteiger partial charge in [0.15, 0.2) is 0 Å². The molecule has 1 unspecified atom stereocenters. The quantitative estimate of drug-likeness (QED) is 0.747. The molecular formula is C19H23N3O3. The number of H-pyrrole nitrogens is 1. The summed E-state index contributed by atoms with van der Waals surface area (Å²) in [6, 6.07) is 11.4. The van der Waals surface area contributed by atoms with Crippen molar-refractivity contribution in [2.75, 3.05) is 19.6 Å². The van der Waals surface area contributed by atoms with Gasteiger partial charge in [0, 0.05) is 31.9 Å². The molecule has 0 aliphatic carbocycles. The molecule has 0 spiro atoms. The minimum absolute atomic E-state index is 0.0942. The Morgan fingerprint density at radius 1 is 1.32 bits per heavy atom. The lowest BCUT2D eigenvalue weighted by Crippen LogP contribution is -2.27. The zero-order valence-corrected chi connectivity index (χ0v) is 14.1. The van der Waals surface area contributed by atoms with Gasteiger partial charge in [-0.3, -0.25) is 14.5 Å². The Balaban J connectivity index is 1.42. The molecule has 1 aromatic heterocycles. The molecule has 1 amide bonds. The minimum Gasteiger partial charge on any atom is -0.507 e. The summed E-state index contributed by atoms with van der Waals surface area (Å²) < 4.78 is 0. The number of rotatable bonds is 6. The average molecular weight is 341 g/mol. The first-order chi connectivity index (χ1) is 12.1. The number of nitrogens with one attached hydrogen (secondary N) is 2. The fraction of sp³-hybridized carbons (Fsp3) is 0.368. The molecule has 1 saturated heterocycles. The average Bonchev–Trinajstić information content (AvgIpc) is 3.03. The van der Waals surface area contributed by atoms with Crippen LogP contribution in [-0.2, 0) is 6.54 Å². The highest BCUT2D eigenvalue weighted by Crippen LogP contribution is 2.21. The SMILES string of the molecule is O=C(NCCC1CCN(Cc2ccccc2)C1)c1c[nH]c(=O)cc1O. The van der Waals surface area contributed by atoms with Crippen LogP contribution in [0.15, 0.2) is 47.4 Å². The Labute approximate surface area is 146 Å². The fourth-order valence-electron chi connectivity index (χ4n) is 3.26. The molecule has 1 aliphatic heterocycles. The van der Waals surface area contributed by atoms with Crippen molar-refractivity contribution in [1.29, 1.82) is 0 Å². The summed E-state index contributed by atoms with van der Waals surface area (Å²) in [4.78, 5) is 28.0. The van der Waals surface area contributed by atoms with Crippen LogP contribution in [0, 0.1) is 5.92 Å². The van der Waals surface area contributed by atoms with E-state index in [4.69, 9.17) is 0 Å². The Bertz CT molecular complexity index is 773. The molecule has 2 aromatic rings. The van der Waals surface area contributed by atoms with Crippen LogP contribution >= 0.6 is 0 Å². The van der Waals surface area contributed by atoms with Gasteiger partial charge in [0.25, 0.3) is 11.5 Å². The number of benzene rings is 1. The molecule has 2 heterocycles. The largest absolute Gasteiger partial charge is 0.507 e. The second-order valence-electron chi connectivity index (χ2n) is 6.52. The Hall–Kier alpha value is -2.60. The van der Waals surface area contributed by atoms with Gasteiger partial charge in [-0.05, 0) is 30.9 Å². The minimum atomic E-state index is -0.432.